The van der Waals surface area contributed by atoms with Gasteiger partial charge in [0, 0.05) is 0 Å². The van der Waals surface area contributed by atoms with Crippen molar-refractivity contribution >= 4 is 0 Å². The van der Waals surface area contributed by atoms with E-state index in [1.807, 2.05) is 0 Å². The van der Waals surface area contributed by atoms with Gasteiger partial charge in [0.15, 0.2) is 0 Å². The van der Waals surface area contributed by atoms with Gasteiger partial charge in [-0.05, 0) is 12.5 Å². The molecule has 0 radical (unpaired) electrons. The summed E-state index contributed by atoms with van der Waals surface area (Å²) in [6.07, 6.45) is -6.84. The quantitative estimate of drug-likeness (QED) is 0.798. The van der Waals surface area contributed by atoms with Crippen molar-refractivity contribution in [2.24, 2.45) is 0 Å². The molecule has 0 spiro atoms. The summed E-state index contributed by atoms with van der Waals surface area (Å²) >= 11 is 0. The third-order valence-electron chi connectivity index (χ3n) is 2.25. The number of benzene rings is 1. The number of hydrogen-bond donors (Lipinski definition) is 2. The highest BCUT2D eigenvalue weighted by Gasteiger charge is 2.58. The molecule has 0 aromatic heterocycles. The minimum absolute atomic E-state index is 0.368. The van der Waals surface area contributed by atoms with E-state index in [1.165, 1.54) is 18.2 Å². The fraction of sp³-hybridized carbons (Fsp3) is 0.400. The number of rotatable bonds is 2. The maximum atomic E-state index is 12.6. The van der Waals surface area contributed by atoms with Gasteiger partial charge in [-0.25, -0.2) is 0 Å². The van der Waals surface area contributed by atoms with Gasteiger partial charge < -0.3 is 10.2 Å². The topological polar surface area (TPSA) is 40.5 Å². The lowest BCUT2D eigenvalue weighted by Crippen LogP contribution is -2.50. The molecule has 2 N–H and O–H groups in total. The van der Waals surface area contributed by atoms with Gasteiger partial charge in [-0.2, -0.15) is 13.2 Å². The van der Waals surface area contributed by atoms with Crippen LogP contribution in [-0.2, 0) is 5.60 Å². The predicted octanol–water partition coefficient (Wildman–Crippen LogP) is 1.82. The zero-order valence-electron chi connectivity index (χ0n) is 7.99. The highest BCUT2D eigenvalue weighted by atomic mass is 19.4. The Morgan fingerprint density at radius 1 is 1.13 bits per heavy atom. The molecule has 2 nitrogen and oxygen atoms in total. The summed E-state index contributed by atoms with van der Waals surface area (Å²) in [7, 11) is 0. The molecule has 0 aliphatic carbocycles. The van der Waals surface area contributed by atoms with Crippen LogP contribution < -0.4 is 0 Å². The van der Waals surface area contributed by atoms with Crippen LogP contribution in [0.15, 0.2) is 30.3 Å². The summed E-state index contributed by atoms with van der Waals surface area (Å²) in [5.41, 5.74) is -3.58. The summed E-state index contributed by atoms with van der Waals surface area (Å²) in [5.74, 6) is 0. The Labute approximate surface area is 85.0 Å². The number of halogens is 3. The first-order valence-corrected chi connectivity index (χ1v) is 4.33. The molecular formula is C10H11F3O2. The maximum Gasteiger partial charge on any atom is 0.424 e. The molecule has 0 saturated heterocycles. The molecule has 0 saturated carbocycles. The third kappa shape index (κ3) is 1.98. The first-order chi connectivity index (χ1) is 6.80. The summed E-state index contributed by atoms with van der Waals surface area (Å²) in [4.78, 5) is 0. The van der Waals surface area contributed by atoms with E-state index in [0.29, 0.717) is 0 Å². The first-order valence-electron chi connectivity index (χ1n) is 4.33. The molecule has 0 unspecified atom stereocenters. The van der Waals surface area contributed by atoms with Crippen LogP contribution in [0, 0.1) is 0 Å². The van der Waals surface area contributed by atoms with E-state index in [0.717, 1.165) is 19.1 Å². The van der Waals surface area contributed by atoms with E-state index < -0.39 is 17.9 Å². The second-order valence-corrected chi connectivity index (χ2v) is 3.31. The second-order valence-electron chi connectivity index (χ2n) is 3.31. The Morgan fingerprint density at radius 3 is 1.93 bits per heavy atom. The summed E-state index contributed by atoms with van der Waals surface area (Å²) in [6, 6.07) is 6.52. The van der Waals surface area contributed by atoms with E-state index in [-0.39, 0.29) is 5.56 Å². The number of aliphatic hydroxyl groups is 2. The van der Waals surface area contributed by atoms with E-state index >= 15 is 0 Å². The fourth-order valence-electron chi connectivity index (χ4n) is 1.33. The Hall–Kier alpha value is -1.07. The average Bonchev–Trinajstić information content (AvgIpc) is 2.16. The molecule has 1 rings (SSSR count). The molecule has 0 aliphatic heterocycles. The largest absolute Gasteiger partial charge is 0.424 e. The maximum absolute atomic E-state index is 12.6. The first kappa shape index (κ1) is 12.0. The van der Waals surface area contributed by atoms with Gasteiger partial charge in [0.25, 0.3) is 0 Å². The SMILES string of the molecule is C[C@@H](O)[C@@](O)(c1ccccc1)C(F)(F)F. The molecule has 2 atom stereocenters. The second kappa shape index (κ2) is 3.83. The van der Waals surface area contributed by atoms with Crippen molar-refractivity contribution < 1.29 is 23.4 Å². The van der Waals surface area contributed by atoms with Crippen LogP contribution >= 0.6 is 0 Å². The van der Waals surface area contributed by atoms with Crippen LogP contribution in [0.1, 0.15) is 12.5 Å². The molecule has 0 amide bonds. The normalized spacial score (nSPS) is 18.3. The Bertz CT molecular complexity index is 321. The molecule has 15 heavy (non-hydrogen) atoms. The highest BCUT2D eigenvalue weighted by Crippen LogP contribution is 2.41. The van der Waals surface area contributed by atoms with Gasteiger partial charge in [0.05, 0.1) is 6.10 Å². The minimum Gasteiger partial charge on any atom is -0.390 e. The van der Waals surface area contributed by atoms with Crippen molar-refractivity contribution in [3.63, 3.8) is 0 Å². The van der Waals surface area contributed by atoms with Gasteiger partial charge in [0.2, 0.25) is 5.60 Å². The van der Waals surface area contributed by atoms with Gasteiger partial charge in [-0.3, -0.25) is 0 Å². The van der Waals surface area contributed by atoms with Gasteiger partial charge in [-0.1, -0.05) is 30.3 Å². The summed E-state index contributed by atoms with van der Waals surface area (Å²) < 4.78 is 37.9. The van der Waals surface area contributed by atoms with Gasteiger partial charge >= 0.3 is 6.18 Å². The van der Waals surface area contributed by atoms with Crippen LogP contribution in [0.4, 0.5) is 13.2 Å². The van der Waals surface area contributed by atoms with Gasteiger partial charge in [-0.15, -0.1) is 0 Å². The van der Waals surface area contributed by atoms with Crippen LogP contribution in [-0.4, -0.2) is 22.5 Å². The predicted molar refractivity (Wildman–Crippen MR) is 48.1 cm³/mol. The van der Waals surface area contributed by atoms with E-state index in [4.69, 9.17) is 5.11 Å². The number of aliphatic hydroxyl groups excluding tert-OH is 1. The molecule has 5 heteroatoms. The molecule has 0 aliphatic rings. The smallest absolute Gasteiger partial charge is 0.390 e. The number of alkyl halides is 3. The molecule has 1 aromatic carbocycles. The standard InChI is InChI=1S/C10H11F3O2/c1-7(14)9(15,10(11,12)13)8-5-3-2-4-6-8/h2-7,14-15H,1H3/t7-,9-/m1/s1. The van der Waals surface area contributed by atoms with Crippen molar-refractivity contribution in [1.82, 2.24) is 0 Å². The summed E-state index contributed by atoms with van der Waals surface area (Å²) in [6.45, 7) is 0.903. The van der Waals surface area contributed by atoms with Crippen molar-refractivity contribution in [2.75, 3.05) is 0 Å². The van der Waals surface area contributed by atoms with Crippen LogP contribution in [0.5, 0.6) is 0 Å². The van der Waals surface area contributed by atoms with E-state index in [9.17, 15) is 18.3 Å². The van der Waals surface area contributed by atoms with Crippen molar-refractivity contribution in [3.8, 4) is 0 Å². The van der Waals surface area contributed by atoms with Gasteiger partial charge in [0.1, 0.15) is 0 Å². The molecular weight excluding hydrogens is 209 g/mol. The monoisotopic (exact) mass is 220 g/mol. The Morgan fingerprint density at radius 2 is 1.60 bits per heavy atom. The van der Waals surface area contributed by atoms with Crippen LogP contribution in [0.3, 0.4) is 0 Å². The average molecular weight is 220 g/mol. The van der Waals surface area contributed by atoms with Crippen molar-refractivity contribution in [2.45, 2.75) is 24.8 Å². The lowest BCUT2D eigenvalue weighted by molar-refractivity contribution is -0.295. The zero-order chi connectivity index (χ0) is 11.7. The van der Waals surface area contributed by atoms with Crippen LogP contribution in [0.2, 0.25) is 0 Å². The summed E-state index contributed by atoms with van der Waals surface area (Å²) in [5, 5.41) is 18.6. The molecule has 0 bridgehead atoms. The molecule has 0 heterocycles. The zero-order valence-corrected chi connectivity index (χ0v) is 7.99. The third-order valence-corrected chi connectivity index (χ3v) is 2.25. The van der Waals surface area contributed by atoms with E-state index in [2.05, 4.69) is 0 Å². The fourth-order valence-corrected chi connectivity index (χ4v) is 1.33. The van der Waals surface area contributed by atoms with Crippen molar-refractivity contribution in [3.05, 3.63) is 35.9 Å². The van der Waals surface area contributed by atoms with Crippen LogP contribution in [0.25, 0.3) is 0 Å². The Kier molecular flexibility index (Phi) is 3.06. The molecule has 1 aromatic rings. The highest BCUT2D eigenvalue weighted by molar-refractivity contribution is 5.25. The molecule has 84 valence electrons. The van der Waals surface area contributed by atoms with E-state index in [1.54, 1.807) is 0 Å². The minimum atomic E-state index is -4.91. The number of hydrogen-bond acceptors (Lipinski definition) is 2. The lowest BCUT2D eigenvalue weighted by atomic mass is 9.88. The molecule has 0 fully saturated rings. The lowest BCUT2D eigenvalue weighted by Gasteiger charge is -2.33. The van der Waals surface area contributed by atoms with Crippen molar-refractivity contribution in [1.29, 1.82) is 0 Å². The Balaban J connectivity index is 3.26.